The van der Waals surface area contributed by atoms with Gasteiger partial charge in [0.1, 0.15) is 6.33 Å². The summed E-state index contributed by atoms with van der Waals surface area (Å²) in [6.45, 7) is 14.6. The molecule has 0 spiro atoms. The molecule has 1 fully saturated rings. The lowest BCUT2D eigenvalue weighted by atomic mass is 10.3. The molecule has 0 N–H and O–H groups in total. The number of hydrogen-bond acceptors (Lipinski definition) is 4. The summed E-state index contributed by atoms with van der Waals surface area (Å²) in [7, 11) is 0. The summed E-state index contributed by atoms with van der Waals surface area (Å²) in [5, 5.41) is 0. The van der Waals surface area contributed by atoms with Gasteiger partial charge in [0, 0.05) is 25.3 Å². The molecule has 2 heterocycles. The lowest BCUT2D eigenvalue weighted by molar-refractivity contribution is 0.0336. The monoisotopic (exact) mass is 253 g/mol. The van der Waals surface area contributed by atoms with E-state index in [-0.39, 0.29) is 0 Å². The largest absolute Gasteiger partial charge is 0.379 e. The minimum absolute atomic E-state index is 0.837. The van der Waals surface area contributed by atoms with Crippen molar-refractivity contribution < 1.29 is 4.74 Å². The van der Waals surface area contributed by atoms with Gasteiger partial charge >= 0.3 is 0 Å². The van der Waals surface area contributed by atoms with Crippen molar-refractivity contribution in [3.05, 3.63) is 23.8 Å². The Hall–Kier alpha value is -1.00. The van der Waals surface area contributed by atoms with Crippen LogP contribution in [0.25, 0.3) is 0 Å². The summed E-state index contributed by atoms with van der Waals surface area (Å²) in [4.78, 5) is 10.7. The molecule has 2 rings (SSSR count). The van der Waals surface area contributed by atoms with Crippen LogP contribution in [-0.4, -0.2) is 41.2 Å². The predicted molar refractivity (Wildman–Crippen MR) is 75.6 cm³/mol. The molecular formula is C14H27N3O. The molecule has 0 atom stereocenters. The summed E-state index contributed by atoms with van der Waals surface area (Å²) in [5.74, 6) is 0. The number of rotatable bonds is 2. The highest BCUT2D eigenvalue weighted by Gasteiger charge is 2.10. The second kappa shape index (κ2) is 11.1. The zero-order chi connectivity index (χ0) is 13.8. The van der Waals surface area contributed by atoms with E-state index in [1.54, 1.807) is 6.33 Å². The van der Waals surface area contributed by atoms with Crippen LogP contribution in [-0.2, 0) is 11.3 Å². The first-order chi connectivity index (χ1) is 8.84. The Morgan fingerprint density at radius 1 is 1.11 bits per heavy atom. The van der Waals surface area contributed by atoms with Crippen LogP contribution in [0.1, 0.15) is 39.1 Å². The van der Waals surface area contributed by atoms with Gasteiger partial charge in [-0.2, -0.15) is 0 Å². The number of hydrogen-bond donors (Lipinski definition) is 0. The average molecular weight is 253 g/mol. The molecule has 0 unspecified atom stereocenters. The highest BCUT2D eigenvalue weighted by Crippen LogP contribution is 2.04. The van der Waals surface area contributed by atoms with Crippen molar-refractivity contribution >= 4 is 0 Å². The Bertz CT molecular complexity index is 299. The second-order valence-electron chi connectivity index (χ2n) is 3.54. The van der Waals surface area contributed by atoms with Gasteiger partial charge in [0.2, 0.25) is 0 Å². The van der Waals surface area contributed by atoms with E-state index >= 15 is 0 Å². The molecule has 0 aliphatic carbocycles. The third kappa shape index (κ3) is 6.67. The Labute approximate surface area is 111 Å². The SMILES string of the molecule is CC.CC.Cc1cc(CN2CCOCC2)ncn1. The van der Waals surface area contributed by atoms with Crippen LogP contribution in [0.3, 0.4) is 0 Å². The minimum atomic E-state index is 0.837. The van der Waals surface area contributed by atoms with Gasteiger partial charge in [-0.15, -0.1) is 0 Å². The fraction of sp³-hybridized carbons (Fsp3) is 0.714. The van der Waals surface area contributed by atoms with E-state index in [1.807, 2.05) is 40.7 Å². The fourth-order valence-electron chi connectivity index (χ4n) is 1.58. The van der Waals surface area contributed by atoms with Crippen LogP contribution < -0.4 is 0 Å². The van der Waals surface area contributed by atoms with Gasteiger partial charge in [0.15, 0.2) is 0 Å². The molecule has 1 aromatic heterocycles. The number of nitrogens with zero attached hydrogens (tertiary/aromatic N) is 3. The van der Waals surface area contributed by atoms with Crippen LogP contribution in [0.15, 0.2) is 12.4 Å². The van der Waals surface area contributed by atoms with Crippen LogP contribution >= 0.6 is 0 Å². The summed E-state index contributed by atoms with van der Waals surface area (Å²) in [6.07, 6.45) is 1.63. The van der Waals surface area contributed by atoms with Crippen molar-refractivity contribution in [2.75, 3.05) is 26.3 Å². The molecule has 1 saturated heterocycles. The van der Waals surface area contributed by atoms with Gasteiger partial charge in [0.25, 0.3) is 0 Å². The zero-order valence-corrected chi connectivity index (χ0v) is 12.4. The first-order valence-electron chi connectivity index (χ1n) is 6.92. The topological polar surface area (TPSA) is 38.2 Å². The average Bonchev–Trinajstić information content (AvgIpc) is 2.44. The van der Waals surface area contributed by atoms with Crippen molar-refractivity contribution in [2.24, 2.45) is 0 Å². The Balaban J connectivity index is 0.000000659. The highest BCUT2D eigenvalue weighted by molar-refractivity contribution is 5.06. The van der Waals surface area contributed by atoms with Crippen LogP contribution in [0.4, 0.5) is 0 Å². The van der Waals surface area contributed by atoms with E-state index in [4.69, 9.17) is 4.74 Å². The Kier molecular flexibility index (Phi) is 10.5. The highest BCUT2D eigenvalue weighted by atomic mass is 16.5. The van der Waals surface area contributed by atoms with E-state index in [2.05, 4.69) is 14.9 Å². The summed E-state index contributed by atoms with van der Waals surface area (Å²) >= 11 is 0. The van der Waals surface area contributed by atoms with E-state index in [0.29, 0.717) is 0 Å². The normalized spacial score (nSPS) is 14.9. The molecule has 0 bridgehead atoms. The maximum absolute atomic E-state index is 5.29. The zero-order valence-electron chi connectivity index (χ0n) is 12.4. The maximum atomic E-state index is 5.29. The van der Waals surface area contributed by atoms with Crippen LogP contribution in [0, 0.1) is 6.92 Å². The molecule has 0 aromatic carbocycles. The van der Waals surface area contributed by atoms with Crippen LogP contribution in [0.5, 0.6) is 0 Å². The molecule has 0 radical (unpaired) electrons. The number of ether oxygens (including phenoxy) is 1. The van der Waals surface area contributed by atoms with Crippen molar-refractivity contribution in [3.63, 3.8) is 0 Å². The second-order valence-corrected chi connectivity index (χ2v) is 3.54. The molecule has 18 heavy (non-hydrogen) atoms. The van der Waals surface area contributed by atoms with Gasteiger partial charge in [-0.25, -0.2) is 9.97 Å². The molecule has 1 aliphatic rings. The van der Waals surface area contributed by atoms with Crippen molar-refractivity contribution in [2.45, 2.75) is 41.2 Å². The standard InChI is InChI=1S/C10H15N3O.2C2H6/c1-9-6-10(12-8-11-9)7-13-2-4-14-5-3-13;2*1-2/h6,8H,2-5,7H2,1H3;2*1-2H3. The van der Waals surface area contributed by atoms with Crippen molar-refractivity contribution in [3.8, 4) is 0 Å². The molecule has 1 aliphatic heterocycles. The molecule has 104 valence electrons. The van der Waals surface area contributed by atoms with Crippen LogP contribution in [0.2, 0.25) is 0 Å². The molecular weight excluding hydrogens is 226 g/mol. The van der Waals surface area contributed by atoms with Gasteiger partial charge in [-0.1, -0.05) is 27.7 Å². The number of morpholine rings is 1. The summed E-state index contributed by atoms with van der Waals surface area (Å²) < 4.78 is 5.29. The van der Waals surface area contributed by atoms with Gasteiger partial charge in [0.05, 0.1) is 18.9 Å². The Morgan fingerprint density at radius 3 is 2.28 bits per heavy atom. The third-order valence-corrected chi connectivity index (χ3v) is 2.35. The molecule has 4 nitrogen and oxygen atoms in total. The van der Waals surface area contributed by atoms with Gasteiger partial charge in [-0.3, -0.25) is 4.90 Å². The van der Waals surface area contributed by atoms with Crippen molar-refractivity contribution in [1.29, 1.82) is 0 Å². The summed E-state index contributed by atoms with van der Waals surface area (Å²) in [5.41, 5.74) is 2.13. The van der Waals surface area contributed by atoms with E-state index < -0.39 is 0 Å². The molecule has 0 amide bonds. The summed E-state index contributed by atoms with van der Waals surface area (Å²) in [6, 6.07) is 2.04. The fourth-order valence-corrected chi connectivity index (χ4v) is 1.58. The lowest BCUT2D eigenvalue weighted by Crippen LogP contribution is -2.35. The van der Waals surface area contributed by atoms with E-state index in [0.717, 1.165) is 44.2 Å². The quantitative estimate of drug-likeness (QED) is 0.812. The molecule has 0 saturated carbocycles. The predicted octanol–water partition coefficient (Wildman–Crippen LogP) is 2.67. The lowest BCUT2D eigenvalue weighted by Gasteiger charge is -2.26. The van der Waals surface area contributed by atoms with Gasteiger partial charge in [-0.05, 0) is 13.0 Å². The smallest absolute Gasteiger partial charge is 0.115 e. The Morgan fingerprint density at radius 2 is 1.72 bits per heavy atom. The minimum Gasteiger partial charge on any atom is -0.379 e. The number of aryl methyl sites for hydroxylation is 1. The molecule has 1 aromatic rings. The third-order valence-electron chi connectivity index (χ3n) is 2.35. The number of aromatic nitrogens is 2. The van der Waals surface area contributed by atoms with E-state index in [1.165, 1.54) is 0 Å². The van der Waals surface area contributed by atoms with Crippen molar-refractivity contribution in [1.82, 2.24) is 14.9 Å². The first kappa shape index (κ1) is 17.0. The van der Waals surface area contributed by atoms with E-state index in [9.17, 15) is 0 Å². The molecule has 4 heteroatoms. The van der Waals surface area contributed by atoms with Gasteiger partial charge < -0.3 is 4.74 Å². The maximum Gasteiger partial charge on any atom is 0.115 e. The first-order valence-corrected chi connectivity index (χ1v) is 6.92.